The van der Waals surface area contributed by atoms with E-state index >= 15 is 0 Å². The minimum Gasteiger partial charge on any atom is -0.490 e. The first-order valence-electron chi connectivity index (χ1n) is 13.3. The maximum Gasteiger partial charge on any atom is 0.490 e. The van der Waals surface area contributed by atoms with Crippen molar-refractivity contribution in [2.75, 3.05) is 11.9 Å². The van der Waals surface area contributed by atoms with Gasteiger partial charge in [0, 0.05) is 11.3 Å². The van der Waals surface area contributed by atoms with Crippen LogP contribution < -0.4 is 30.8 Å². The molecule has 45 heavy (non-hydrogen) atoms. The molecule has 1 unspecified atom stereocenters. The molecule has 0 fully saturated rings. The number of nitrogen functional groups attached to an aromatic ring is 1. The van der Waals surface area contributed by atoms with Crippen LogP contribution in [0.2, 0.25) is 0 Å². The van der Waals surface area contributed by atoms with Crippen molar-refractivity contribution in [1.82, 2.24) is 10.3 Å². The number of hydrogen-bond donors (Lipinski definition) is 6. The highest BCUT2D eigenvalue weighted by Crippen LogP contribution is 2.33. The van der Waals surface area contributed by atoms with Crippen LogP contribution in [0.1, 0.15) is 43.5 Å². The van der Waals surface area contributed by atoms with Crippen LogP contribution in [0.25, 0.3) is 0 Å². The Morgan fingerprint density at radius 2 is 1.62 bits per heavy atom. The predicted molar refractivity (Wildman–Crippen MR) is 161 cm³/mol. The van der Waals surface area contributed by atoms with Crippen molar-refractivity contribution in [2.45, 2.75) is 50.9 Å². The Hall–Kier alpha value is -4.83. The Labute approximate surface area is 258 Å². The molecule has 3 aromatic rings. The number of alkyl halides is 3. The van der Waals surface area contributed by atoms with Crippen LogP contribution >= 0.6 is 0 Å². The number of carbonyl (C=O) groups is 2. The second-order valence-electron chi connectivity index (χ2n) is 9.54. The van der Waals surface area contributed by atoms with Gasteiger partial charge in [-0.3, -0.25) is 15.6 Å². The third-order valence-corrected chi connectivity index (χ3v) is 7.07. The van der Waals surface area contributed by atoms with Gasteiger partial charge in [-0.25, -0.2) is 13.2 Å². The number of amides is 1. The fourth-order valence-corrected chi connectivity index (χ4v) is 4.73. The van der Waals surface area contributed by atoms with Crippen molar-refractivity contribution in [2.24, 2.45) is 5.73 Å². The van der Waals surface area contributed by atoms with E-state index in [0.29, 0.717) is 40.5 Å². The summed E-state index contributed by atoms with van der Waals surface area (Å²) in [6.07, 6.45) is -5.17. The van der Waals surface area contributed by atoms with E-state index in [2.05, 4.69) is 15.6 Å². The third kappa shape index (κ3) is 11.0. The molecule has 0 aliphatic carbocycles. The number of aliphatic carboxylic acids is 1. The molecular weight excluding hydrogens is 619 g/mol. The number of rotatable bonds is 12. The first-order valence-corrected chi connectivity index (χ1v) is 14.8. The molecule has 3 rings (SSSR count). The molecule has 0 aliphatic heterocycles. The number of aryl methyl sites for hydroxylation is 1. The molecule has 0 bridgehead atoms. The summed E-state index contributed by atoms with van der Waals surface area (Å²) in [7, 11) is -4.02. The molecule has 0 heterocycles. The van der Waals surface area contributed by atoms with Crippen LogP contribution in [-0.4, -0.2) is 50.1 Å². The predicted octanol–water partition coefficient (Wildman–Crippen LogP) is 4.26. The Morgan fingerprint density at radius 3 is 2.13 bits per heavy atom. The summed E-state index contributed by atoms with van der Waals surface area (Å²) < 4.78 is 69.0. The molecule has 0 radical (unpaired) electrons. The summed E-state index contributed by atoms with van der Waals surface area (Å²) >= 11 is 0. The van der Waals surface area contributed by atoms with Crippen molar-refractivity contribution in [3.63, 3.8) is 0 Å². The highest BCUT2D eigenvalue weighted by Gasteiger charge is 2.38. The number of carboxylic acids is 1. The summed E-state index contributed by atoms with van der Waals surface area (Å²) in [5.41, 5.74) is 10.00. The number of carboxylic acid groups (broad SMARTS) is 1. The van der Waals surface area contributed by atoms with Gasteiger partial charge < -0.3 is 25.6 Å². The summed E-state index contributed by atoms with van der Waals surface area (Å²) in [6, 6.07) is 17.2. The third-order valence-electron chi connectivity index (χ3n) is 5.67. The van der Waals surface area contributed by atoms with Crippen LogP contribution in [0.4, 0.5) is 18.9 Å². The van der Waals surface area contributed by atoms with Gasteiger partial charge in [-0.05, 0) is 81.3 Å². The zero-order chi connectivity index (χ0) is 33.9. The molecule has 12 nitrogen and oxygen atoms in total. The van der Waals surface area contributed by atoms with Crippen molar-refractivity contribution in [3.8, 4) is 11.5 Å². The van der Waals surface area contributed by atoms with Crippen molar-refractivity contribution in [3.05, 3.63) is 83.4 Å². The lowest BCUT2D eigenvalue weighted by molar-refractivity contribution is -0.192. The van der Waals surface area contributed by atoms with E-state index in [1.54, 1.807) is 67.6 Å². The molecule has 244 valence electrons. The summed E-state index contributed by atoms with van der Waals surface area (Å²) in [6.45, 7) is 7.68. The van der Waals surface area contributed by atoms with E-state index in [0.717, 1.165) is 0 Å². The van der Waals surface area contributed by atoms with Crippen LogP contribution in [0.15, 0.2) is 71.6 Å². The second kappa shape index (κ2) is 15.8. The number of amidine groups is 1. The van der Waals surface area contributed by atoms with Gasteiger partial charge in [0.2, 0.25) is 0 Å². The normalized spacial score (nSPS) is 11.9. The maximum atomic E-state index is 13.4. The molecule has 7 N–H and O–H groups in total. The molecule has 3 aromatic carbocycles. The van der Waals surface area contributed by atoms with Crippen LogP contribution in [0, 0.1) is 12.3 Å². The van der Waals surface area contributed by atoms with Crippen LogP contribution in [-0.2, 0) is 19.6 Å². The van der Waals surface area contributed by atoms with E-state index < -0.39 is 34.1 Å². The molecule has 0 aromatic heterocycles. The zero-order valence-electron chi connectivity index (χ0n) is 24.7. The largest absolute Gasteiger partial charge is 0.490 e. The van der Waals surface area contributed by atoms with Gasteiger partial charge >= 0.3 is 12.1 Å². The smallest absolute Gasteiger partial charge is 0.490 e. The van der Waals surface area contributed by atoms with Crippen molar-refractivity contribution in [1.29, 1.82) is 5.41 Å². The quantitative estimate of drug-likeness (QED) is 0.0941. The lowest BCUT2D eigenvalue weighted by atomic mass is 10.0. The number of hydrogen-bond acceptors (Lipinski definition) is 8. The maximum absolute atomic E-state index is 13.4. The zero-order valence-corrected chi connectivity index (χ0v) is 25.5. The van der Waals surface area contributed by atoms with Crippen molar-refractivity contribution < 1.29 is 45.8 Å². The Bertz CT molecular complexity index is 1600. The molecule has 0 saturated carbocycles. The molecule has 16 heteroatoms. The molecule has 0 spiro atoms. The van der Waals surface area contributed by atoms with Gasteiger partial charge in [0.1, 0.15) is 11.9 Å². The molecular formula is C29H34F3N5O7S. The number of nitrogens with two attached hydrogens (primary N) is 1. The van der Waals surface area contributed by atoms with Gasteiger partial charge in [0.25, 0.3) is 15.9 Å². The lowest BCUT2D eigenvalue weighted by Gasteiger charge is -2.22. The first-order chi connectivity index (χ1) is 21.0. The summed E-state index contributed by atoms with van der Waals surface area (Å²) in [5, 5.41) is 17.8. The second-order valence-corrected chi connectivity index (χ2v) is 11.2. The number of carbonyl (C=O) groups excluding carboxylic acids is 1. The number of nitrogens with one attached hydrogen (secondary N) is 4. The van der Waals surface area contributed by atoms with Gasteiger partial charge in [-0.15, -0.1) is 4.83 Å². The fraction of sp³-hybridized carbons (Fsp3) is 0.276. The average molecular weight is 654 g/mol. The minimum absolute atomic E-state index is 0.0541. The van der Waals surface area contributed by atoms with Gasteiger partial charge in [-0.2, -0.15) is 13.2 Å². The number of halogens is 3. The number of anilines is 1. The van der Waals surface area contributed by atoms with Crippen LogP contribution in [0.3, 0.4) is 0 Å². The van der Waals surface area contributed by atoms with Gasteiger partial charge in [-0.1, -0.05) is 24.3 Å². The number of ether oxygens (including phenoxy) is 2. The van der Waals surface area contributed by atoms with E-state index in [-0.39, 0.29) is 16.8 Å². The van der Waals surface area contributed by atoms with Crippen molar-refractivity contribution >= 4 is 33.4 Å². The molecule has 0 saturated heterocycles. The number of sulfonamides is 1. The monoisotopic (exact) mass is 653 g/mol. The Balaban J connectivity index is 0.000000900. The van der Waals surface area contributed by atoms with E-state index in [9.17, 15) is 26.4 Å². The highest BCUT2D eigenvalue weighted by molar-refractivity contribution is 7.89. The van der Waals surface area contributed by atoms with E-state index in [1.165, 1.54) is 6.07 Å². The van der Waals surface area contributed by atoms with Crippen LogP contribution in [0.5, 0.6) is 11.5 Å². The van der Waals surface area contributed by atoms with E-state index in [1.807, 2.05) is 20.8 Å². The summed E-state index contributed by atoms with van der Waals surface area (Å²) in [5.74, 6) is -2.52. The first kappa shape index (κ1) is 36.4. The Morgan fingerprint density at radius 1 is 1.02 bits per heavy atom. The standard InChI is InChI=1S/C27H33N5O5S.C2HF3O2/c1-5-36-23-16-20(12-15-22(23)37-17(2)3)25(30-21-13-10-19(11-14-21)26(28)29)27(33)31-32-38(34,35)24-9-7-6-8-18(24)4;3-2(4,5)1(6)7/h6-17,25,30,32H,5H2,1-4H3,(H3,28,29)(H,31,33);(H,6,7). The van der Waals surface area contributed by atoms with Gasteiger partial charge in [0.15, 0.2) is 11.5 Å². The molecule has 0 aliphatic rings. The molecule has 1 atom stereocenters. The van der Waals surface area contributed by atoms with Gasteiger partial charge in [0.05, 0.1) is 17.6 Å². The van der Waals surface area contributed by atoms with E-state index in [4.69, 9.17) is 30.5 Å². The lowest BCUT2D eigenvalue weighted by Crippen LogP contribution is -2.45. The number of hydrazine groups is 1. The topological polar surface area (TPSA) is 193 Å². The Kier molecular flexibility index (Phi) is 12.7. The highest BCUT2D eigenvalue weighted by atomic mass is 32.2. The average Bonchev–Trinajstić information content (AvgIpc) is 2.96. The number of benzene rings is 3. The minimum atomic E-state index is -5.08. The SMILES string of the molecule is CCOc1cc(C(Nc2ccc(C(=N)N)cc2)C(=O)NNS(=O)(=O)c2ccccc2C)ccc1OC(C)C.O=C(O)C(F)(F)F. The summed E-state index contributed by atoms with van der Waals surface area (Å²) in [4.78, 5) is 24.5. The molecule has 1 amide bonds. The fourth-order valence-electron chi connectivity index (χ4n) is 3.64.